The molecule has 1 aliphatic carbocycles. The molecule has 6 heteroatoms. The molecule has 29 heavy (non-hydrogen) atoms. The second kappa shape index (κ2) is 7.35. The van der Waals surface area contributed by atoms with Crippen LogP contribution < -0.4 is 4.74 Å². The summed E-state index contributed by atoms with van der Waals surface area (Å²) in [6.07, 6.45) is 2.42. The third kappa shape index (κ3) is 3.28. The van der Waals surface area contributed by atoms with E-state index in [4.69, 9.17) is 9.26 Å². The third-order valence-electron chi connectivity index (χ3n) is 5.83. The molecule has 0 bridgehead atoms. The Morgan fingerprint density at radius 2 is 2.10 bits per heavy atom. The van der Waals surface area contributed by atoms with Crippen LogP contribution in [0.4, 0.5) is 0 Å². The van der Waals surface area contributed by atoms with Crippen molar-refractivity contribution in [2.24, 2.45) is 0 Å². The first-order valence-corrected chi connectivity index (χ1v) is 10.2. The Morgan fingerprint density at radius 3 is 3.00 bits per heavy atom. The zero-order chi connectivity index (χ0) is 19.8. The van der Waals surface area contributed by atoms with Crippen LogP contribution in [0.3, 0.4) is 0 Å². The van der Waals surface area contributed by atoms with E-state index in [1.54, 1.807) is 0 Å². The Bertz CT molecular complexity index is 1050. The number of hydrogen-bond acceptors (Lipinski definition) is 5. The summed E-state index contributed by atoms with van der Waals surface area (Å²) >= 11 is 0. The van der Waals surface area contributed by atoms with Crippen LogP contribution in [0.15, 0.2) is 53.1 Å². The lowest BCUT2D eigenvalue weighted by atomic mass is 10.1. The van der Waals surface area contributed by atoms with E-state index in [9.17, 15) is 4.79 Å². The van der Waals surface area contributed by atoms with Crippen molar-refractivity contribution < 1.29 is 14.1 Å². The molecule has 1 aromatic heterocycles. The molecule has 0 spiro atoms. The molecular formula is C23H23N3O3. The molecule has 1 amide bonds. The Morgan fingerprint density at radius 1 is 1.21 bits per heavy atom. The van der Waals surface area contributed by atoms with E-state index in [1.165, 1.54) is 11.1 Å². The number of fused-ring (bicyclic) bond motifs is 1. The van der Waals surface area contributed by atoms with Gasteiger partial charge in [-0.15, -0.1) is 0 Å². The molecule has 2 unspecified atom stereocenters. The first-order valence-electron chi connectivity index (χ1n) is 10.2. The van der Waals surface area contributed by atoms with Gasteiger partial charge in [0.2, 0.25) is 17.6 Å². The molecule has 5 rings (SSSR count). The van der Waals surface area contributed by atoms with Gasteiger partial charge in [0.25, 0.3) is 0 Å². The number of aromatic nitrogens is 2. The molecule has 6 nitrogen and oxygen atoms in total. The summed E-state index contributed by atoms with van der Waals surface area (Å²) < 4.78 is 11.1. The third-order valence-corrected chi connectivity index (χ3v) is 5.83. The average molecular weight is 389 g/mol. The number of amides is 1. The minimum atomic E-state index is -0.0633. The van der Waals surface area contributed by atoms with E-state index in [2.05, 4.69) is 34.4 Å². The van der Waals surface area contributed by atoms with Crippen molar-refractivity contribution in [3.63, 3.8) is 0 Å². The van der Waals surface area contributed by atoms with Crippen LogP contribution in [-0.4, -0.2) is 34.1 Å². The molecule has 0 N–H and O–H groups in total. The first kappa shape index (κ1) is 17.9. The van der Waals surface area contributed by atoms with Gasteiger partial charge in [-0.05, 0) is 43.0 Å². The summed E-state index contributed by atoms with van der Waals surface area (Å²) in [7, 11) is 0. The number of ether oxygens (including phenoxy) is 1. The second-order valence-electron chi connectivity index (χ2n) is 7.62. The highest BCUT2D eigenvalue weighted by molar-refractivity contribution is 5.80. The van der Waals surface area contributed by atoms with Gasteiger partial charge < -0.3 is 14.2 Å². The zero-order valence-corrected chi connectivity index (χ0v) is 16.4. The predicted octanol–water partition coefficient (Wildman–Crippen LogP) is 4.14. The van der Waals surface area contributed by atoms with E-state index in [1.807, 2.05) is 36.1 Å². The lowest BCUT2D eigenvalue weighted by Gasteiger charge is -2.25. The molecular weight excluding hydrogens is 366 g/mol. The summed E-state index contributed by atoms with van der Waals surface area (Å²) in [5.74, 6) is 1.93. The monoisotopic (exact) mass is 389 g/mol. The van der Waals surface area contributed by atoms with Crippen LogP contribution in [0.25, 0.3) is 11.4 Å². The smallest absolute Gasteiger partial charge is 0.232 e. The Hall–Kier alpha value is -3.15. The van der Waals surface area contributed by atoms with E-state index in [-0.39, 0.29) is 17.9 Å². The van der Waals surface area contributed by atoms with Gasteiger partial charge in [0.1, 0.15) is 5.75 Å². The topological polar surface area (TPSA) is 68.5 Å². The van der Waals surface area contributed by atoms with Gasteiger partial charge in [-0.1, -0.05) is 41.6 Å². The highest BCUT2D eigenvalue weighted by atomic mass is 16.5. The normalized spacial score (nSPS) is 20.9. The second-order valence-corrected chi connectivity index (χ2v) is 7.62. The number of rotatable bonds is 5. The Balaban J connectivity index is 1.34. The summed E-state index contributed by atoms with van der Waals surface area (Å²) in [4.78, 5) is 19.4. The number of likely N-dealkylation sites (tertiary alicyclic amines) is 1. The molecule has 0 saturated carbocycles. The zero-order valence-electron chi connectivity index (χ0n) is 16.4. The maximum atomic E-state index is 12.8. The van der Waals surface area contributed by atoms with Crippen molar-refractivity contribution in [1.82, 2.24) is 15.0 Å². The van der Waals surface area contributed by atoms with Gasteiger partial charge in [0.15, 0.2) is 0 Å². The van der Waals surface area contributed by atoms with Crippen molar-refractivity contribution in [2.75, 3.05) is 13.2 Å². The van der Waals surface area contributed by atoms with Crippen molar-refractivity contribution in [3.05, 3.63) is 65.5 Å². The standard InChI is InChI=1S/C23H23N3O3/c1-2-28-18-8-5-7-16(12-18)22-24-23(29-25-22)17-13-21(27)26(14-17)20-11-10-15-6-3-4-9-19(15)20/h3-9,12,17,20H,2,10-11,13-14H2,1H3. The molecule has 1 aliphatic heterocycles. The molecule has 2 heterocycles. The van der Waals surface area contributed by atoms with Gasteiger partial charge in [-0.3, -0.25) is 4.79 Å². The predicted molar refractivity (Wildman–Crippen MR) is 107 cm³/mol. The van der Waals surface area contributed by atoms with Crippen LogP contribution in [0.1, 0.15) is 48.7 Å². The number of hydrogen-bond donors (Lipinski definition) is 0. The summed E-state index contributed by atoms with van der Waals surface area (Å²) in [5.41, 5.74) is 3.47. The number of aryl methyl sites for hydroxylation is 1. The first-order chi connectivity index (χ1) is 14.2. The van der Waals surface area contributed by atoms with Crippen LogP contribution in [0, 0.1) is 0 Å². The fourth-order valence-electron chi connectivity index (χ4n) is 4.47. The lowest BCUT2D eigenvalue weighted by Crippen LogP contribution is -2.28. The van der Waals surface area contributed by atoms with Gasteiger partial charge in [-0.25, -0.2) is 0 Å². The quantitative estimate of drug-likeness (QED) is 0.656. The lowest BCUT2D eigenvalue weighted by molar-refractivity contribution is -0.129. The number of carbonyl (C=O) groups is 1. The maximum absolute atomic E-state index is 12.8. The minimum Gasteiger partial charge on any atom is -0.494 e. The van der Waals surface area contributed by atoms with E-state index < -0.39 is 0 Å². The van der Waals surface area contributed by atoms with Crippen LogP contribution >= 0.6 is 0 Å². The number of benzene rings is 2. The fourth-order valence-corrected chi connectivity index (χ4v) is 4.47. The molecule has 2 aliphatic rings. The van der Waals surface area contributed by atoms with Gasteiger partial charge in [0.05, 0.1) is 18.6 Å². The number of nitrogens with zero attached hydrogens (tertiary/aromatic N) is 3. The Kier molecular flexibility index (Phi) is 4.54. The van der Waals surface area contributed by atoms with Crippen LogP contribution in [0.5, 0.6) is 5.75 Å². The van der Waals surface area contributed by atoms with Crippen LogP contribution in [0.2, 0.25) is 0 Å². The van der Waals surface area contributed by atoms with Crippen molar-refractivity contribution >= 4 is 5.91 Å². The van der Waals surface area contributed by atoms with Crippen molar-refractivity contribution in [3.8, 4) is 17.1 Å². The SMILES string of the molecule is CCOc1cccc(-c2noc(C3CC(=O)N(C4CCc5ccccc54)C3)n2)c1. The van der Waals surface area contributed by atoms with Gasteiger partial charge >= 0.3 is 0 Å². The molecule has 1 saturated heterocycles. The molecule has 3 aromatic rings. The minimum absolute atomic E-state index is 0.0633. The Labute approximate surface area is 169 Å². The summed E-state index contributed by atoms with van der Waals surface area (Å²) in [6.45, 7) is 3.18. The van der Waals surface area contributed by atoms with Crippen molar-refractivity contribution in [2.45, 2.75) is 38.1 Å². The molecule has 1 fully saturated rings. The molecule has 2 atom stereocenters. The summed E-state index contributed by atoms with van der Waals surface area (Å²) in [5, 5.41) is 4.14. The fraction of sp³-hybridized carbons (Fsp3) is 0.348. The molecule has 148 valence electrons. The highest BCUT2D eigenvalue weighted by Crippen LogP contribution is 2.40. The average Bonchev–Trinajstić information content (AvgIpc) is 3.46. The largest absolute Gasteiger partial charge is 0.494 e. The van der Waals surface area contributed by atoms with Crippen molar-refractivity contribution in [1.29, 1.82) is 0 Å². The van der Waals surface area contributed by atoms with E-state index >= 15 is 0 Å². The highest BCUT2D eigenvalue weighted by Gasteiger charge is 2.40. The maximum Gasteiger partial charge on any atom is 0.232 e. The number of carbonyl (C=O) groups excluding carboxylic acids is 1. The van der Waals surface area contributed by atoms with E-state index in [0.717, 1.165) is 24.2 Å². The summed E-state index contributed by atoms with van der Waals surface area (Å²) in [6, 6.07) is 16.2. The van der Waals surface area contributed by atoms with Crippen LogP contribution in [-0.2, 0) is 11.2 Å². The molecule has 0 radical (unpaired) electrons. The van der Waals surface area contributed by atoms with Gasteiger partial charge in [-0.2, -0.15) is 4.98 Å². The van der Waals surface area contributed by atoms with Gasteiger partial charge in [0, 0.05) is 18.5 Å². The van der Waals surface area contributed by atoms with E-state index in [0.29, 0.717) is 31.3 Å². The molecule has 2 aromatic carbocycles.